The van der Waals surface area contributed by atoms with Crippen LogP contribution in [0.1, 0.15) is 47.1 Å². The zero-order chi connectivity index (χ0) is 13.5. The molecule has 0 bridgehead atoms. The molecule has 0 fully saturated rings. The second-order valence-corrected chi connectivity index (χ2v) is 11.9. The molecule has 0 aliphatic heterocycles. The summed E-state index contributed by atoms with van der Waals surface area (Å²) in [6.07, 6.45) is 0. The summed E-state index contributed by atoms with van der Waals surface area (Å²) in [4.78, 5) is 0. The minimum Gasteiger partial charge on any atom is -0.307 e. The highest BCUT2D eigenvalue weighted by molar-refractivity contribution is 6.90. The van der Waals surface area contributed by atoms with E-state index in [1.165, 1.54) is 0 Å². The summed E-state index contributed by atoms with van der Waals surface area (Å²) in [6, 6.07) is 8.01. The molecular weight excluding hydrogens is 227 g/mol. The van der Waals surface area contributed by atoms with Crippen molar-refractivity contribution in [1.29, 1.82) is 0 Å². The first kappa shape index (κ1) is 14.4. The van der Waals surface area contributed by atoms with E-state index in [2.05, 4.69) is 0 Å². The summed E-state index contributed by atoms with van der Waals surface area (Å²) in [5.74, 6) is 0. The zero-order valence-electron chi connectivity index (χ0n) is 12.2. The Hall–Kier alpha value is -0.633. The average molecular weight is 252 g/mol. The fourth-order valence-corrected chi connectivity index (χ4v) is 7.58. The predicted molar refractivity (Wildman–Crippen MR) is 77.1 cm³/mol. The van der Waals surface area contributed by atoms with Crippen LogP contribution >= 0.6 is 0 Å². The molecule has 0 saturated heterocycles. The lowest BCUT2D eigenvalue weighted by Gasteiger charge is -2.45. The lowest BCUT2D eigenvalue weighted by molar-refractivity contribution is 0.535. The van der Waals surface area contributed by atoms with Gasteiger partial charge in [0.05, 0.1) is 0 Å². The van der Waals surface area contributed by atoms with Crippen LogP contribution in [0.5, 0.6) is 0 Å². The van der Waals surface area contributed by atoms with E-state index in [0.29, 0.717) is 0 Å². The third-order valence-electron chi connectivity index (χ3n) is 3.48. The van der Waals surface area contributed by atoms with Crippen LogP contribution in [0, 0.1) is 6.92 Å². The molecule has 0 N–H and O–H groups in total. The van der Waals surface area contributed by atoms with E-state index in [1.54, 1.807) is 0 Å². The molecule has 0 aliphatic rings. The highest BCUT2D eigenvalue weighted by Gasteiger charge is 2.56. The van der Waals surface area contributed by atoms with Gasteiger partial charge in [-0.15, -0.1) is 0 Å². The largest absolute Gasteiger partial charge is 0.307 e. The van der Waals surface area contributed by atoms with Gasteiger partial charge in [-0.2, -0.15) is 0 Å². The number of halogens is 1. The molecule has 0 saturated carbocycles. The number of hydrogen-bond donors (Lipinski definition) is 0. The van der Waals surface area contributed by atoms with Crippen molar-refractivity contribution in [1.82, 2.24) is 0 Å². The third-order valence-corrected chi connectivity index (χ3v) is 8.72. The Morgan fingerprint density at radius 3 is 1.76 bits per heavy atom. The van der Waals surface area contributed by atoms with E-state index in [1.807, 2.05) is 72.7 Å². The number of hydrogen-bond acceptors (Lipinski definition) is 0. The Labute approximate surface area is 106 Å². The summed E-state index contributed by atoms with van der Waals surface area (Å²) >= 11 is 0. The molecule has 0 amide bonds. The molecule has 96 valence electrons. The first-order valence-electron chi connectivity index (χ1n) is 6.26. The summed E-state index contributed by atoms with van der Waals surface area (Å²) in [7, 11) is -3.06. The lowest BCUT2D eigenvalue weighted by Crippen LogP contribution is -2.57. The highest BCUT2D eigenvalue weighted by atomic mass is 28.4. The molecule has 0 atom stereocenters. The summed E-state index contributed by atoms with van der Waals surface area (Å²) < 4.78 is 15.9. The normalized spacial score (nSPS) is 13.9. The molecule has 0 radical (unpaired) electrons. The maximum absolute atomic E-state index is 15.9. The van der Waals surface area contributed by atoms with E-state index in [-0.39, 0.29) is 10.1 Å². The van der Waals surface area contributed by atoms with Crippen LogP contribution in [0.4, 0.5) is 4.11 Å². The minimum absolute atomic E-state index is 0.293. The SMILES string of the molecule is Cc1cccc([Si](F)(C(C)(C)C)C(C)(C)C)c1. The Balaban J connectivity index is 3.46. The molecule has 0 nitrogen and oxygen atoms in total. The monoisotopic (exact) mass is 252 g/mol. The van der Waals surface area contributed by atoms with Gasteiger partial charge in [0.25, 0.3) is 8.41 Å². The topological polar surface area (TPSA) is 0 Å². The molecule has 0 unspecified atom stereocenters. The third kappa shape index (κ3) is 2.47. The zero-order valence-corrected chi connectivity index (χ0v) is 13.2. The molecule has 0 spiro atoms. The average Bonchev–Trinajstić information content (AvgIpc) is 2.12. The van der Waals surface area contributed by atoms with Gasteiger partial charge in [0.1, 0.15) is 0 Å². The molecule has 1 aromatic rings. The fraction of sp³-hybridized carbons (Fsp3) is 0.600. The van der Waals surface area contributed by atoms with Crippen LogP contribution in [0.2, 0.25) is 10.1 Å². The van der Waals surface area contributed by atoms with Crippen LogP contribution in [-0.2, 0) is 0 Å². The second kappa shape index (κ2) is 4.24. The molecule has 0 heterocycles. The van der Waals surface area contributed by atoms with Gasteiger partial charge in [0, 0.05) is 0 Å². The van der Waals surface area contributed by atoms with Crippen molar-refractivity contribution in [3.05, 3.63) is 29.8 Å². The van der Waals surface area contributed by atoms with E-state index in [0.717, 1.165) is 10.8 Å². The van der Waals surface area contributed by atoms with Crippen molar-refractivity contribution >= 4 is 13.6 Å². The maximum Gasteiger partial charge on any atom is 0.288 e. The quantitative estimate of drug-likeness (QED) is 0.501. The molecular formula is C15H25FSi. The molecule has 1 aromatic carbocycles. The van der Waals surface area contributed by atoms with Crippen LogP contribution in [0.3, 0.4) is 0 Å². The Morgan fingerprint density at radius 1 is 0.941 bits per heavy atom. The van der Waals surface area contributed by atoms with Gasteiger partial charge < -0.3 is 4.11 Å². The van der Waals surface area contributed by atoms with Crippen molar-refractivity contribution in [3.63, 3.8) is 0 Å². The fourth-order valence-electron chi connectivity index (χ4n) is 2.85. The van der Waals surface area contributed by atoms with Crippen LogP contribution in [0.15, 0.2) is 24.3 Å². The van der Waals surface area contributed by atoms with Crippen molar-refractivity contribution in [2.24, 2.45) is 0 Å². The summed E-state index contributed by atoms with van der Waals surface area (Å²) in [6.45, 7) is 14.2. The van der Waals surface area contributed by atoms with Gasteiger partial charge in [-0.1, -0.05) is 71.4 Å². The molecule has 17 heavy (non-hydrogen) atoms. The van der Waals surface area contributed by atoms with E-state index in [4.69, 9.17) is 0 Å². The first-order chi connectivity index (χ1) is 7.50. The van der Waals surface area contributed by atoms with Gasteiger partial charge in [-0.25, -0.2) is 0 Å². The summed E-state index contributed by atoms with van der Waals surface area (Å²) in [5.41, 5.74) is 1.14. The standard InChI is InChI=1S/C15H25FSi/c1-12-9-8-10-13(11-12)17(16,14(2,3)4)15(5,6)7/h8-11H,1-7H3. The number of rotatable bonds is 1. The van der Waals surface area contributed by atoms with Gasteiger partial charge in [0.2, 0.25) is 0 Å². The van der Waals surface area contributed by atoms with Crippen LogP contribution < -0.4 is 5.19 Å². The second-order valence-electron chi connectivity index (χ2n) is 7.03. The summed E-state index contributed by atoms with van der Waals surface area (Å²) in [5, 5.41) is 0.343. The van der Waals surface area contributed by atoms with Crippen molar-refractivity contribution in [3.8, 4) is 0 Å². The molecule has 0 aliphatic carbocycles. The highest BCUT2D eigenvalue weighted by Crippen LogP contribution is 2.51. The van der Waals surface area contributed by atoms with Crippen LogP contribution in [0.25, 0.3) is 0 Å². The van der Waals surface area contributed by atoms with Crippen LogP contribution in [-0.4, -0.2) is 8.41 Å². The Kier molecular flexibility index (Phi) is 3.59. The Bertz CT molecular complexity index is 382. The van der Waals surface area contributed by atoms with Gasteiger partial charge in [-0.05, 0) is 22.2 Å². The van der Waals surface area contributed by atoms with E-state index < -0.39 is 8.41 Å². The molecule has 1 rings (SSSR count). The smallest absolute Gasteiger partial charge is 0.288 e. The number of aryl methyl sites for hydroxylation is 1. The molecule has 0 aromatic heterocycles. The maximum atomic E-state index is 15.9. The van der Waals surface area contributed by atoms with Crippen molar-refractivity contribution in [2.45, 2.75) is 58.5 Å². The van der Waals surface area contributed by atoms with Gasteiger partial charge in [0.15, 0.2) is 0 Å². The predicted octanol–water partition coefficient (Wildman–Crippen LogP) is 4.72. The first-order valence-corrected chi connectivity index (χ1v) is 8.14. The minimum atomic E-state index is -3.06. The van der Waals surface area contributed by atoms with Crippen molar-refractivity contribution in [2.75, 3.05) is 0 Å². The van der Waals surface area contributed by atoms with E-state index in [9.17, 15) is 0 Å². The lowest BCUT2D eigenvalue weighted by atomic mass is 10.2. The van der Waals surface area contributed by atoms with E-state index >= 15 is 4.11 Å². The van der Waals surface area contributed by atoms with Crippen molar-refractivity contribution < 1.29 is 4.11 Å². The number of benzene rings is 1. The van der Waals surface area contributed by atoms with Gasteiger partial charge >= 0.3 is 0 Å². The molecule has 2 heteroatoms. The Morgan fingerprint density at radius 2 is 1.41 bits per heavy atom. The van der Waals surface area contributed by atoms with Gasteiger partial charge in [-0.3, -0.25) is 0 Å².